The maximum Gasteiger partial charge on any atom is 0.136 e. The van der Waals surface area contributed by atoms with Crippen molar-refractivity contribution in [1.82, 2.24) is 9.59 Å². The number of rotatable bonds is 5. The molecule has 1 N–H and O–H groups in total. The van der Waals surface area contributed by atoms with Gasteiger partial charge in [0.2, 0.25) is 0 Å². The number of aromatic nitrogens is 2. The second-order valence-electron chi connectivity index (χ2n) is 5.65. The minimum atomic E-state index is 0.122. The molecule has 0 fully saturated rings. The number of benzene rings is 1. The van der Waals surface area contributed by atoms with E-state index in [4.69, 9.17) is 4.74 Å². The lowest BCUT2D eigenvalue weighted by atomic mass is 9.87. The predicted octanol–water partition coefficient (Wildman–Crippen LogP) is 3.85. The number of hydrogen-bond donors (Lipinski definition) is 1. The Hall–Kier alpha value is -1.62. The monoisotopic (exact) mass is 291 g/mol. The van der Waals surface area contributed by atoms with Crippen LogP contribution in [0.5, 0.6) is 5.75 Å². The van der Waals surface area contributed by atoms with Crippen LogP contribution in [0.2, 0.25) is 0 Å². The van der Waals surface area contributed by atoms with Crippen LogP contribution in [0.15, 0.2) is 24.3 Å². The Morgan fingerprint density at radius 1 is 1.30 bits per heavy atom. The van der Waals surface area contributed by atoms with E-state index in [2.05, 4.69) is 54.7 Å². The maximum absolute atomic E-state index is 5.84. The van der Waals surface area contributed by atoms with E-state index in [1.165, 1.54) is 17.1 Å². The largest absolute Gasteiger partial charge is 0.487 e. The Balaban J connectivity index is 2.05. The van der Waals surface area contributed by atoms with Gasteiger partial charge in [-0.2, -0.15) is 0 Å². The highest BCUT2D eigenvalue weighted by Gasteiger charge is 2.14. The zero-order valence-corrected chi connectivity index (χ0v) is 13.3. The molecule has 0 atom stereocenters. The van der Waals surface area contributed by atoms with Crippen molar-refractivity contribution >= 4 is 16.5 Å². The summed E-state index contributed by atoms with van der Waals surface area (Å²) in [5.74, 6) is 0.868. The molecule has 1 aromatic carbocycles. The molecule has 4 nitrogen and oxygen atoms in total. The number of nitrogens with zero attached hydrogens (tertiary/aromatic N) is 2. The van der Waals surface area contributed by atoms with Gasteiger partial charge in [-0.1, -0.05) is 37.4 Å². The summed E-state index contributed by atoms with van der Waals surface area (Å²) in [5, 5.41) is 8.33. The van der Waals surface area contributed by atoms with Crippen molar-refractivity contribution in [3.8, 4) is 5.75 Å². The smallest absolute Gasteiger partial charge is 0.136 e. The average Bonchev–Trinajstić information content (AvgIpc) is 2.84. The van der Waals surface area contributed by atoms with E-state index in [1.807, 2.05) is 12.1 Å². The summed E-state index contributed by atoms with van der Waals surface area (Å²) in [4.78, 5) is 0. The zero-order valence-electron chi connectivity index (χ0n) is 12.4. The van der Waals surface area contributed by atoms with E-state index >= 15 is 0 Å². The molecular formula is C15H21N3OS. The molecule has 2 rings (SSSR count). The van der Waals surface area contributed by atoms with Crippen LogP contribution in [0.3, 0.4) is 0 Å². The topological polar surface area (TPSA) is 47.0 Å². The SMILES string of the molecule is CCNc1snnc1COc1cccc(C(C)(C)C)c1. The summed E-state index contributed by atoms with van der Waals surface area (Å²) in [5.41, 5.74) is 2.24. The molecule has 0 aliphatic carbocycles. The molecule has 0 spiro atoms. The van der Waals surface area contributed by atoms with Crippen LogP contribution in [0.4, 0.5) is 5.00 Å². The van der Waals surface area contributed by atoms with Crippen molar-refractivity contribution in [2.24, 2.45) is 0 Å². The molecular weight excluding hydrogens is 270 g/mol. The first-order valence-electron chi connectivity index (χ1n) is 6.79. The van der Waals surface area contributed by atoms with Gasteiger partial charge in [0.1, 0.15) is 23.1 Å². The first kappa shape index (κ1) is 14.8. The Morgan fingerprint density at radius 3 is 2.80 bits per heavy atom. The molecule has 0 unspecified atom stereocenters. The maximum atomic E-state index is 5.84. The second-order valence-corrected chi connectivity index (χ2v) is 6.40. The number of anilines is 1. The van der Waals surface area contributed by atoms with E-state index in [9.17, 15) is 0 Å². The van der Waals surface area contributed by atoms with Gasteiger partial charge in [-0.3, -0.25) is 0 Å². The van der Waals surface area contributed by atoms with Gasteiger partial charge < -0.3 is 10.1 Å². The van der Waals surface area contributed by atoms with Crippen molar-refractivity contribution in [1.29, 1.82) is 0 Å². The lowest BCUT2D eigenvalue weighted by molar-refractivity contribution is 0.301. The molecule has 1 heterocycles. The fraction of sp³-hybridized carbons (Fsp3) is 0.467. The zero-order chi connectivity index (χ0) is 14.6. The van der Waals surface area contributed by atoms with Gasteiger partial charge in [-0.25, -0.2) is 0 Å². The van der Waals surface area contributed by atoms with Crippen LogP contribution in [0.25, 0.3) is 0 Å². The van der Waals surface area contributed by atoms with Crippen molar-refractivity contribution in [2.45, 2.75) is 39.7 Å². The van der Waals surface area contributed by atoms with Crippen LogP contribution in [-0.2, 0) is 12.0 Å². The summed E-state index contributed by atoms with van der Waals surface area (Å²) < 4.78 is 9.80. The average molecular weight is 291 g/mol. The highest BCUT2D eigenvalue weighted by molar-refractivity contribution is 7.10. The molecule has 2 aromatic rings. The van der Waals surface area contributed by atoms with E-state index in [-0.39, 0.29) is 5.41 Å². The standard InChI is InChI=1S/C15H21N3OS/c1-5-16-14-13(17-18-20-14)10-19-12-8-6-7-11(9-12)15(2,3)4/h6-9,16H,5,10H2,1-4H3. The number of nitrogens with one attached hydrogen (secondary N) is 1. The molecule has 20 heavy (non-hydrogen) atoms. The number of hydrogen-bond acceptors (Lipinski definition) is 5. The van der Waals surface area contributed by atoms with Gasteiger partial charge in [0, 0.05) is 18.1 Å². The van der Waals surface area contributed by atoms with Crippen LogP contribution < -0.4 is 10.1 Å². The Kier molecular flexibility index (Phi) is 4.60. The van der Waals surface area contributed by atoms with Gasteiger partial charge in [0.15, 0.2) is 0 Å². The Morgan fingerprint density at radius 2 is 2.10 bits per heavy atom. The fourth-order valence-electron chi connectivity index (χ4n) is 1.80. The Bertz CT molecular complexity index is 560. The van der Waals surface area contributed by atoms with Gasteiger partial charge >= 0.3 is 0 Å². The normalized spacial score (nSPS) is 11.4. The second kappa shape index (κ2) is 6.22. The van der Waals surface area contributed by atoms with Crippen LogP contribution in [0.1, 0.15) is 39.0 Å². The van der Waals surface area contributed by atoms with Gasteiger partial charge in [-0.05, 0) is 30.0 Å². The number of ether oxygens (including phenoxy) is 1. The predicted molar refractivity (Wildman–Crippen MR) is 83.5 cm³/mol. The minimum absolute atomic E-state index is 0.122. The molecule has 0 saturated carbocycles. The summed E-state index contributed by atoms with van der Waals surface area (Å²) in [6.07, 6.45) is 0. The van der Waals surface area contributed by atoms with Crippen LogP contribution in [-0.4, -0.2) is 16.1 Å². The van der Waals surface area contributed by atoms with E-state index in [0.717, 1.165) is 23.0 Å². The molecule has 0 aliphatic rings. The first-order valence-corrected chi connectivity index (χ1v) is 7.56. The van der Waals surface area contributed by atoms with Gasteiger partial charge in [0.05, 0.1) is 0 Å². The van der Waals surface area contributed by atoms with Crippen LogP contribution >= 0.6 is 11.5 Å². The first-order chi connectivity index (χ1) is 9.50. The highest BCUT2D eigenvalue weighted by Crippen LogP contribution is 2.26. The fourth-order valence-corrected chi connectivity index (χ4v) is 2.44. The highest BCUT2D eigenvalue weighted by atomic mass is 32.1. The Labute approximate surface area is 124 Å². The molecule has 1 aromatic heterocycles. The van der Waals surface area contributed by atoms with Crippen molar-refractivity contribution in [2.75, 3.05) is 11.9 Å². The molecule has 0 saturated heterocycles. The molecule has 0 aliphatic heterocycles. The minimum Gasteiger partial charge on any atom is -0.487 e. The third-order valence-corrected chi connectivity index (χ3v) is 3.69. The van der Waals surface area contributed by atoms with E-state index in [0.29, 0.717) is 6.61 Å². The summed E-state index contributed by atoms with van der Waals surface area (Å²) in [6.45, 7) is 9.93. The van der Waals surface area contributed by atoms with Crippen molar-refractivity contribution < 1.29 is 4.74 Å². The molecule has 108 valence electrons. The lowest BCUT2D eigenvalue weighted by Crippen LogP contribution is -2.11. The van der Waals surface area contributed by atoms with Crippen molar-refractivity contribution in [3.05, 3.63) is 35.5 Å². The molecule has 0 bridgehead atoms. The lowest BCUT2D eigenvalue weighted by Gasteiger charge is -2.19. The molecule has 0 radical (unpaired) electrons. The summed E-state index contributed by atoms with van der Waals surface area (Å²) in [6, 6.07) is 8.22. The van der Waals surface area contributed by atoms with E-state index < -0.39 is 0 Å². The molecule has 5 heteroatoms. The third-order valence-electron chi connectivity index (χ3n) is 2.97. The van der Waals surface area contributed by atoms with Crippen LogP contribution in [0, 0.1) is 0 Å². The summed E-state index contributed by atoms with van der Waals surface area (Å²) in [7, 11) is 0. The van der Waals surface area contributed by atoms with Crippen molar-refractivity contribution in [3.63, 3.8) is 0 Å². The quantitative estimate of drug-likeness (QED) is 0.909. The third kappa shape index (κ3) is 3.70. The van der Waals surface area contributed by atoms with Gasteiger partial charge in [0.25, 0.3) is 0 Å². The summed E-state index contributed by atoms with van der Waals surface area (Å²) >= 11 is 1.36. The molecule has 0 amide bonds. The van der Waals surface area contributed by atoms with E-state index in [1.54, 1.807) is 0 Å². The van der Waals surface area contributed by atoms with Gasteiger partial charge in [-0.15, -0.1) is 5.10 Å².